The van der Waals surface area contributed by atoms with Crippen molar-refractivity contribution in [3.8, 4) is 0 Å². The molecule has 8 nitrogen and oxygen atoms in total. The summed E-state index contributed by atoms with van der Waals surface area (Å²) in [6.45, 7) is 5.80. The molecule has 2 aromatic heterocycles. The highest BCUT2D eigenvalue weighted by molar-refractivity contribution is 5.93. The van der Waals surface area contributed by atoms with E-state index < -0.39 is 0 Å². The minimum atomic E-state index is -0.205. The van der Waals surface area contributed by atoms with Crippen molar-refractivity contribution in [2.24, 2.45) is 0 Å². The van der Waals surface area contributed by atoms with Gasteiger partial charge in [0.15, 0.2) is 0 Å². The van der Waals surface area contributed by atoms with E-state index in [9.17, 15) is 9.59 Å². The van der Waals surface area contributed by atoms with Gasteiger partial charge in [-0.15, -0.1) is 0 Å². The number of hydrogen-bond donors (Lipinski definition) is 3. The van der Waals surface area contributed by atoms with E-state index in [-0.39, 0.29) is 29.7 Å². The van der Waals surface area contributed by atoms with Gasteiger partial charge in [-0.1, -0.05) is 25.1 Å². The molecular formula is C26H33N5O3. The Hall–Kier alpha value is -3.39. The summed E-state index contributed by atoms with van der Waals surface area (Å²) in [6.07, 6.45) is 4.45. The van der Waals surface area contributed by atoms with E-state index in [0.717, 1.165) is 30.5 Å². The van der Waals surface area contributed by atoms with Crippen molar-refractivity contribution >= 4 is 23.1 Å². The molecule has 0 saturated carbocycles. The fourth-order valence-electron chi connectivity index (χ4n) is 4.43. The maximum Gasteiger partial charge on any atom is 0.268 e. The van der Waals surface area contributed by atoms with E-state index in [1.807, 2.05) is 50.2 Å². The molecule has 3 aromatic rings. The summed E-state index contributed by atoms with van der Waals surface area (Å²) < 4.78 is 7.35. The van der Waals surface area contributed by atoms with E-state index in [0.29, 0.717) is 36.8 Å². The van der Waals surface area contributed by atoms with Gasteiger partial charge >= 0.3 is 0 Å². The lowest BCUT2D eigenvalue weighted by Crippen LogP contribution is -2.44. The molecule has 34 heavy (non-hydrogen) atoms. The number of carbonyl (C=O) groups is 2. The molecule has 0 spiro atoms. The second kappa shape index (κ2) is 10.3. The number of nitrogens with zero attached hydrogens (tertiary/aromatic N) is 2. The van der Waals surface area contributed by atoms with E-state index in [4.69, 9.17) is 10.5 Å². The number of benzene rings is 1. The number of carbonyl (C=O) groups excluding carboxylic acids is 2. The Kier molecular flexibility index (Phi) is 7.17. The monoisotopic (exact) mass is 463 g/mol. The molecule has 0 radical (unpaired) electrons. The van der Waals surface area contributed by atoms with Gasteiger partial charge in [-0.2, -0.15) is 0 Å². The molecule has 2 amide bonds. The van der Waals surface area contributed by atoms with Crippen LogP contribution in [0, 0.1) is 0 Å². The van der Waals surface area contributed by atoms with Crippen LogP contribution in [-0.4, -0.2) is 47.0 Å². The van der Waals surface area contributed by atoms with E-state index in [1.54, 1.807) is 16.7 Å². The van der Waals surface area contributed by atoms with Gasteiger partial charge in [0.05, 0.1) is 12.1 Å². The lowest BCUT2D eigenvalue weighted by atomic mass is 9.74. The number of anilines is 1. The standard InChI is InChI=1S/C26H33N5O3/c1-3-18(2)29-24(32)15-21-16-31-22(5-4-6-23(31)30-21)25(33)28-17-26(11-13-34-14-12-26)19-7-9-20(27)10-8-19/h4-10,16,18H,3,11-15,17,27H2,1-2H3,(H,28,33)(H,29,32). The Labute approximate surface area is 199 Å². The van der Waals surface area contributed by atoms with Gasteiger partial charge < -0.3 is 21.1 Å². The number of hydrogen-bond acceptors (Lipinski definition) is 5. The zero-order valence-corrected chi connectivity index (χ0v) is 19.8. The second-order valence-electron chi connectivity index (χ2n) is 9.12. The van der Waals surface area contributed by atoms with Crippen molar-refractivity contribution in [2.45, 2.75) is 51.0 Å². The highest BCUT2D eigenvalue weighted by atomic mass is 16.5. The molecular weight excluding hydrogens is 430 g/mol. The molecule has 1 unspecified atom stereocenters. The van der Waals surface area contributed by atoms with Crippen molar-refractivity contribution in [3.05, 3.63) is 65.6 Å². The first-order valence-electron chi connectivity index (χ1n) is 11.9. The minimum absolute atomic E-state index is 0.0753. The van der Waals surface area contributed by atoms with Crippen LogP contribution in [0.25, 0.3) is 5.65 Å². The van der Waals surface area contributed by atoms with E-state index >= 15 is 0 Å². The van der Waals surface area contributed by atoms with Gasteiger partial charge in [0.1, 0.15) is 11.3 Å². The molecule has 1 aliphatic rings. The molecule has 8 heteroatoms. The summed E-state index contributed by atoms with van der Waals surface area (Å²) in [5, 5.41) is 6.10. The molecule has 180 valence electrons. The fraction of sp³-hybridized carbons (Fsp3) is 0.423. The van der Waals surface area contributed by atoms with Crippen LogP contribution < -0.4 is 16.4 Å². The van der Waals surface area contributed by atoms with Crippen molar-refractivity contribution in [1.29, 1.82) is 0 Å². The van der Waals surface area contributed by atoms with Gasteiger partial charge in [0.25, 0.3) is 5.91 Å². The van der Waals surface area contributed by atoms with Gasteiger partial charge in [-0.25, -0.2) is 4.98 Å². The Balaban J connectivity index is 1.51. The number of fused-ring (bicyclic) bond motifs is 1. The van der Waals surface area contributed by atoms with Crippen LogP contribution in [-0.2, 0) is 21.4 Å². The molecule has 1 saturated heterocycles. The zero-order chi connectivity index (χ0) is 24.1. The number of nitrogen functional groups attached to an aromatic ring is 1. The highest BCUT2D eigenvalue weighted by Crippen LogP contribution is 2.34. The fourth-order valence-corrected chi connectivity index (χ4v) is 4.43. The predicted molar refractivity (Wildman–Crippen MR) is 132 cm³/mol. The third-order valence-electron chi connectivity index (χ3n) is 6.70. The second-order valence-corrected chi connectivity index (χ2v) is 9.12. The Morgan fingerprint density at radius 2 is 1.91 bits per heavy atom. The summed E-state index contributed by atoms with van der Waals surface area (Å²) in [7, 11) is 0. The number of aromatic nitrogens is 2. The summed E-state index contributed by atoms with van der Waals surface area (Å²) in [6, 6.07) is 13.4. The van der Waals surface area contributed by atoms with Gasteiger partial charge in [0.2, 0.25) is 5.91 Å². The van der Waals surface area contributed by atoms with Crippen LogP contribution in [0.3, 0.4) is 0 Å². The number of ether oxygens (including phenoxy) is 1. The van der Waals surface area contributed by atoms with Crippen molar-refractivity contribution in [1.82, 2.24) is 20.0 Å². The number of nitrogens with two attached hydrogens (primary N) is 1. The van der Waals surface area contributed by atoms with Crippen molar-refractivity contribution in [3.63, 3.8) is 0 Å². The molecule has 1 aliphatic heterocycles. The summed E-state index contributed by atoms with van der Waals surface area (Å²) >= 11 is 0. The SMILES string of the molecule is CCC(C)NC(=O)Cc1cn2c(C(=O)NCC3(c4ccc(N)cc4)CCOCC3)cccc2n1. The predicted octanol–water partition coefficient (Wildman–Crippen LogP) is 2.85. The molecule has 0 bridgehead atoms. The van der Waals surface area contributed by atoms with Crippen LogP contribution in [0.4, 0.5) is 5.69 Å². The maximum absolute atomic E-state index is 13.3. The zero-order valence-electron chi connectivity index (χ0n) is 19.8. The average molecular weight is 464 g/mol. The first-order valence-corrected chi connectivity index (χ1v) is 11.9. The van der Waals surface area contributed by atoms with Gasteiger partial charge in [-0.05, 0) is 56.0 Å². The smallest absolute Gasteiger partial charge is 0.268 e. The van der Waals surface area contributed by atoms with Gasteiger partial charge in [-0.3, -0.25) is 14.0 Å². The Morgan fingerprint density at radius 1 is 1.18 bits per heavy atom. The first kappa shape index (κ1) is 23.8. The third-order valence-corrected chi connectivity index (χ3v) is 6.70. The number of nitrogens with one attached hydrogen (secondary N) is 2. The summed E-state index contributed by atoms with van der Waals surface area (Å²) in [5.41, 5.74) is 9.30. The number of rotatable bonds is 8. The quantitative estimate of drug-likeness (QED) is 0.445. The third kappa shape index (κ3) is 5.22. The molecule has 0 aliphatic carbocycles. The maximum atomic E-state index is 13.3. The lowest BCUT2D eigenvalue weighted by molar-refractivity contribution is -0.121. The summed E-state index contributed by atoms with van der Waals surface area (Å²) in [5.74, 6) is -0.256. The van der Waals surface area contributed by atoms with Crippen molar-refractivity contribution in [2.75, 3.05) is 25.5 Å². The highest BCUT2D eigenvalue weighted by Gasteiger charge is 2.35. The topological polar surface area (TPSA) is 111 Å². The van der Waals surface area contributed by atoms with E-state index in [2.05, 4.69) is 15.6 Å². The van der Waals surface area contributed by atoms with Crippen LogP contribution >= 0.6 is 0 Å². The normalized spacial score (nSPS) is 16.2. The summed E-state index contributed by atoms with van der Waals surface area (Å²) in [4.78, 5) is 30.1. The molecule has 1 aromatic carbocycles. The Morgan fingerprint density at radius 3 is 2.62 bits per heavy atom. The van der Waals surface area contributed by atoms with Gasteiger partial charge in [0, 0.05) is 43.1 Å². The molecule has 4 N–H and O–H groups in total. The van der Waals surface area contributed by atoms with Crippen LogP contribution in [0.15, 0.2) is 48.7 Å². The largest absolute Gasteiger partial charge is 0.399 e. The molecule has 1 atom stereocenters. The number of pyridine rings is 1. The Bertz CT molecular complexity index is 1150. The van der Waals surface area contributed by atoms with Crippen molar-refractivity contribution < 1.29 is 14.3 Å². The van der Waals surface area contributed by atoms with Crippen LogP contribution in [0.2, 0.25) is 0 Å². The number of imidazole rings is 1. The molecule has 4 rings (SSSR count). The average Bonchev–Trinajstić information content (AvgIpc) is 3.25. The number of amides is 2. The molecule has 1 fully saturated rings. The minimum Gasteiger partial charge on any atom is -0.399 e. The first-order chi connectivity index (χ1) is 16.4. The van der Waals surface area contributed by atoms with Crippen LogP contribution in [0.5, 0.6) is 0 Å². The van der Waals surface area contributed by atoms with Crippen LogP contribution in [0.1, 0.15) is 54.9 Å². The lowest BCUT2D eigenvalue weighted by Gasteiger charge is -2.38. The molecule has 3 heterocycles. The van der Waals surface area contributed by atoms with E-state index in [1.165, 1.54) is 0 Å².